The lowest BCUT2D eigenvalue weighted by molar-refractivity contribution is 0.178. The lowest BCUT2D eigenvalue weighted by Gasteiger charge is -2.31. The fourth-order valence-corrected chi connectivity index (χ4v) is 2.87. The van der Waals surface area contributed by atoms with Gasteiger partial charge in [-0.1, -0.05) is 0 Å². The summed E-state index contributed by atoms with van der Waals surface area (Å²) in [5.41, 5.74) is 0. The van der Waals surface area contributed by atoms with Crippen LogP contribution in [0.4, 0.5) is 0 Å². The van der Waals surface area contributed by atoms with Crippen LogP contribution in [0.5, 0.6) is 0 Å². The molecule has 114 valence electrons. The second kappa shape index (κ2) is 5.90. The third kappa shape index (κ3) is 2.96. The maximum absolute atomic E-state index is 9.22. The number of aliphatic hydroxyl groups is 1. The highest BCUT2D eigenvalue weighted by molar-refractivity contribution is 5.03. The van der Waals surface area contributed by atoms with Gasteiger partial charge in [0, 0.05) is 26.4 Å². The molecule has 1 aliphatic rings. The zero-order valence-electron chi connectivity index (χ0n) is 12.4. The maximum atomic E-state index is 9.22. The summed E-state index contributed by atoms with van der Waals surface area (Å²) in [6.07, 6.45) is 2.18. The molecule has 2 aromatic rings. The van der Waals surface area contributed by atoms with Gasteiger partial charge in [0.2, 0.25) is 11.8 Å². The van der Waals surface area contributed by atoms with E-state index in [-0.39, 0.29) is 6.61 Å². The molecule has 0 bridgehead atoms. The van der Waals surface area contributed by atoms with Crippen molar-refractivity contribution in [3.05, 3.63) is 23.4 Å². The SMILES string of the molecule is Cc1nnc(CN2CCCC(c3nnc(CO)n3C)C2)o1. The van der Waals surface area contributed by atoms with Crippen LogP contribution < -0.4 is 0 Å². The lowest BCUT2D eigenvalue weighted by Crippen LogP contribution is -2.35. The van der Waals surface area contributed by atoms with Crippen LogP contribution in [0.25, 0.3) is 0 Å². The minimum atomic E-state index is -0.0821. The third-order valence-corrected chi connectivity index (χ3v) is 3.94. The first-order valence-electron chi connectivity index (χ1n) is 7.17. The van der Waals surface area contributed by atoms with E-state index in [1.54, 1.807) is 6.92 Å². The summed E-state index contributed by atoms with van der Waals surface area (Å²) >= 11 is 0. The molecule has 0 amide bonds. The van der Waals surface area contributed by atoms with Crippen molar-refractivity contribution in [1.82, 2.24) is 29.9 Å². The summed E-state index contributed by atoms with van der Waals surface area (Å²) in [5.74, 6) is 3.11. The van der Waals surface area contributed by atoms with Gasteiger partial charge in [-0.2, -0.15) is 0 Å². The number of piperidine rings is 1. The number of aryl methyl sites for hydroxylation is 1. The lowest BCUT2D eigenvalue weighted by atomic mass is 9.97. The molecule has 0 radical (unpaired) electrons. The van der Waals surface area contributed by atoms with Crippen molar-refractivity contribution in [2.45, 2.75) is 38.8 Å². The third-order valence-electron chi connectivity index (χ3n) is 3.94. The molecule has 1 fully saturated rings. The molecule has 21 heavy (non-hydrogen) atoms. The number of hydrogen-bond acceptors (Lipinski definition) is 7. The van der Waals surface area contributed by atoms with Crippen molar-refractivity contribution in [2.75, 3.05) is 13.1 Å². The Bertz CT molecular complexity index is 608. The molecule has 0 saturated carbocycles. The quantitative estimate of drug-likeness (QED) is 0.870. The second-order valence-electron chi connectivity index (χ2n) is 5.48. The largest absolute Gasteiger partial charge is 0.424 e. The standard InChI is InChI=1S/C13H20N6O2/c1-9-14-16-12(21-9)7-19-5-3-4-10(6-19)13-17-15-11(8-20)18(13)2/h10,20H,3-8H2,1-2H3. The Morgan fingerprint density at radius 3 is 2.81 bits per heavy atom. The fraction of sp³-hybridized carbons (Fsp3) is 0.692. The van der Waals surface area contributed by atoms with Crippen LogP contribution in [0, 0.1) is 6.92 Å². The van der Waals surface area contributed by atoms with E-state index in [0.717, 1.165) is 31.8 Å². The van der Waals surface area contributed by atoms with E-state index in [2.05, 4.69) is 25.3 Å². The number of aliphatic hydroxyl groups excluding tert-OH is 1. The van der Waals surface area contributed by atoms with Gasteiger partial charge >= 0.3 is 0 Å². The molecule has 3 heterocycles. The normalized spacial score (nSPS) is 20.0. The van der Waals surface area contributed by atoms with E-state index in [1.807, 2.05) is 11.6 Å². The van der Waals surface area contributed by atoms with Crippen LogP contribution in [-0.2, 0) is 20.2 Å². The zero-order chi connectivity index (χ0) is 14.8. The van der Waals surface area contributed by atoms with E-state index in [1.165, 1.54) is 0 Å². The Morgan fingerprint density at radius 2 is 2.14 bits per heavy atom. The maximum Gasteiger partial charge on any atom is 0.230 e. The second-order valence-corrected chi connectivity index (χ2v) is 5.48. The van der Waals surface area contributed by atoms with Gasteiger partial charge in [-0.25, -0.2) is 0 Å². The molecule has 8 heteroatoms. The molecule has 0 aromatic carbocycles. The van der Waals surface area contributed by atoms with Gasteiger partial charge < -0.3 is 14.1 Å². The van der Waals surface area contributed by atoms with Gasteiger partial charge in [0.05, 0.1) is 6.54 Å². The Labute approximate surface area is 122 Å². The fourth-order valence-electron chi connectivity index (χ4n) is 2.87. The van der Waals surface area contributed by atoms with Gasteiger partial charge in [-0.15, -0.1) is 20.4 Å². The molecule has 1 unspecified atom stereocenters. The van der Waals surface area contributed by atoms with E-state index in [4.69, 9.17) is 4.42 Å². The summed E-state index contributed by atoms with van der Waals surface area (Å²) in [7, 11) is 1.90. The topological polar surface area (TPSA) is 93.1 Å². The van der Waals surface area contributed by atoms with Crippen molar-refractivity contribution in [3.8, 4) is 0 Å². The summed E-state index contributed by atoms with van der Waals surface area (Å²) in [4.78, 5) is 2.30. The first-order valence-corrected chi connectivity index (χ1v) is 7.17. The Morgan fingerprint density at radius 1 is 1.29 bits per heavy atom. The number of aromatic nitrogens is 5. The Hall–Kier alpha value is -1.80. The van der Waals surface area contributed by atoms with Gasteiger partial charge in [0.15, 0.2) is 5.82 Å². The molecular weight excluding hydrogens is 272 g/mol. The highest BCUT2D eigenvalue weighted by Crippen LogP contribution is 2.26. The van der Waals surface area contributed by atoms with Crippen molar-refractivity contribution >= 4 is 0 Å². The molecule has 8 nitrogen and oxygen atoms in total. The van der Waals surface area contributed by atoms with E-state index in [9.17, 15) is 5.11 Å². The molecule has 1 aliphatic heterocycles. The first-order chi connectivity index (χ1) is 10.2. The predicted molar refractivity (Wildman–Crippen MR) is 73.2 cm³/mol. The number of likely N-dealkylation sites (tertiary alicyclic amines) is 1. The van der Waals surface area contributed by atoms with Gasteiger partial charge in [0.25, 0.3) is 0 Å². The summed E-state index contributed by atoms with van der Waals surface area (Å²) in [5, 5.41) is 25.4. The van der Waals surface area contributed by atoms with E-state index < -0.39 is 0 Å². The van der Waals surface area contributed by atoms with Crippen LogP contribution in [0.15, 0.2) is 4.42 Å². The van der Waals surface area contributed by atoms with Crippen molar-refractivity contribution in [1.29, 1.82) is 0 Å². The highest BCUT2D eigenvalue weighted by Gasteiger charge is 2.26. The minimum absolute atomic E-state index is 0.0821. The van der Waals surface area contributed by atoms with Gasteiger partial charge in [-0.05, 0) is 19.4 Å². The number of nitrogens with zero attached hydrogens (tertiary/aromatic N) is 6. The monoisotopic (exact) mass is 292 g/mol. The zero-order valence-corrected chi connectivity index (χ0v) is 12.4. The Kier molecular flexibility index (Phi) is 3.98. The van der Waals surface area contributed by atoms with Crippen LogP contribution in [0.1, 0.15) is 42.2 Å². The molecule has 0 aliphatic carbocycles. The molecule has 3 rings (SSSR count). The minimum Gasteiger partial charge on any atom is -0.424 e. The molecule has 1 N–H and O–H groups in total. The van der Waals surface area contributed by atoms with Crippen LogP contribution in [0.2, 0.25) is 0 Å². The van der Waals surface area contributed by atoms with E-state index >= 15 is 0 Å². The summed E-state index contributed by atoms with van der Waals surface area (Å²) < 4.78 is 7.34. The van der Waals surface area contributed by atoms with Crippen molar-refractivity contribution in [2.24, 2.45) is 7.05 Å². The summed E-state index contributed by atoms with van der Waals surface area (Å²) in [6, 6.07) is 0. The van der Waals surface area contributed by atoms with Crippen molar-refractivity contribution in [3.63, 3.8) is 0 Å². The van der Waals surface area contributed by atoms with E-state index in [0.29, 0.717) is 30.1 Å². The molecule has 2 aromatic heterocycles. The van der Waals surface area contributed by atoms with Crippen molar-refractivity contribution < 1.29 is 9.52 Å². The predicted octanol–water partition coefficient (Wildman–Crippen LogP) is 0.378. The van der Waals surface area contributed by atoms with Gasteiger partial charge in [-0.3, -0.25) is 4.90 Å². The van der Waals surface area contributed by atoms with Gasteiger partial charge in [0.1, 0.15) is 12.4 Å². The molecular formula is C13H20N6O2. The number of rotatable bonds is 4. The average Bonchev–Trinajstić information content (AvgIpc) is 3.05. The highest BCUT2D eigenvalue weighted by atomic mass is 16.4. The molecule has 1 saturated heterocycles. The Balaban J connectivity index is 1.69. The van der Waals surface area contributed by atoms with Crippen LogP contribution in [-0.4, -0.2) is 48.1 Å². The number of hydrogen-bond donors (Lipinski definition) is 1. The average molecular weight is 292 g/mol. The molecule has 1 atom stereocenters. The smallest absolute Gasteiger partial charge is 0.230 e. The van der Waals surface area contributed by atoms with Crippen LogP contribution >= 0.6 is 0 Å². The molecule has 0 spiro atoms. The summed E-state index contributed by atoms with van der Waals surface area (Å²) in [6.45, 7) is 4.29. The first kappa shape index (κ1) is 14.2. The van der Waals surface area contributed by atoms with Crippen LogP contribution in [0.3, 0.4) is 0 Å².